The van der Waals surface area contributed by atoms with Gasteiger partial charge < -0.3 is 19.4 Å². The minimum absolute atomic E-state index is 0.000333. The molecule has 1 heterocycles. The van der Waals surface area contributed by atoms with Crippen molar-refractivity contribution in [3.63, 3.8) is 0 Å². The zero-order valence-corrected chi connectivity index (χ0v) is 15.1. The first-order chi connectivity index (χ1) is 11.0. The number of ether oxygens (including phenoxy) is 1. The fourth-order valence-electron chi connectivity index (χ4n) is 2.27. The third kappa shape index (κ3) is 4.47. The molecule has 1 aromatic heterocycles. The molecule has 1 aromatic carbocycles. The summed E-state index contributed by atoms with van der Waals surface area (Å²) in [5.41, 5.74) is 1.87. The molecule has 6 heteroatoms. The van der Waals surface area contributed by atoms with Crippen molar-refractivity contribution in [3.05, 3.63) is 52.9 Å². The number of methoxy groups -OCH3 is 1. The molecule has 0 radical (unpaired) electrons. The topological polar surface area (TPSA) is 37.6 Å². The van der Waals surface area contributed by atoms with E-state index in [1.165, 1.54) is 0 Å². The summed E-state index contributed by atoms with van der Waals surface area (Å²) in [6, 6.07) is 9.53. The van der Waals surface area contributed by atoms with Gasteiger partial charge in [0.25, 0.3) is 0 Å². The van der Waals surface area contributed by atoms with Crippen molar-refractivity contribution in [2.75, 3.05) is 25.6 Å². The Hall–Kier alpha value is -1.56. The van der Waals surface area contributed by atoms with Crippen molar-refractivity contribution in [1.29, 1.82) is 0 Å². The van der Waals surface area contributed by atoms with Crippen LogP contribution < -0.4 is 5.32 Å². The number of anilines is 1. The molecule has 0 aliphatic rings. The predicted octanol–water partition coefficient (Wildman–Crippen LogP) is 4.65. The summed E-state index contributed by atoms with van der Waals surface area (Å²) >= 11 is 11.8. The lowest BCUT2D eigenvalue weighted by Gasteiger charge is -2.30. The van der Waals surface area contributed by atoms with Crippen LogP contribution >= 0.6 is 23.8 Å². The molecule has 0 saturated heterocycles. The molecule has 0 aliphatic heterocycles. The smallest absolute Gasteiger partial charge is 0.174 e. The van der Waals surface area contributed by atoms with E-state index in [2.05, 4.69) is 5.32 Å². The molecule has 124 valence electrons. The minimum Gasteiger partial charge on any atom is -0.467 e. The van der Waals surface area contributed by atoms with Crippen LogP contribution in [0.25, 0.3) is 0 Å². The van der Waals surface area contributed by atoms with Crippen molar-refractivity contribution in [1.82, 2.24) is 4.90 Å². The standard InChI is InChI=1S/C17H21ClN2O2S/c1-12-14(18)6-4-7-15(12)19-17(23)20(9-11-21-3)13(2)16-8-5-10-22-16/h4-8,10,13H,9,11H2,1-3H3,(H,19,23). The van der Waals surface area contributed by atoms with Gasteiger partial charge in [0.2, 0.25) is 0 Å². The largest absolute Gasteiger partial charge is 0.467 e. The van der Waals surface area contributed by atoms with Gasteiger partial charge in [-0.05, 0) is 55.9 Å². The van der Waals surface area contributed by atoms with E-state index in [1.54, 1.807) is 13.4 Å². The van der Waals surface area contributed by atoms with Crippen LogP contribution in [0.5, 0.6) is 0 Å². The van der Waals surface area contributed by atoms with E-state index >= 15 is 0 Å². The molecule has 0 amide bonds. The Balaban J connectivity index is 2.17. The minimum atomic E-state index is -0.000333. The Kier molecular flexibility index (Phi) is 6.45. The van der Waals surface area contributed by atoms with Gasteiger partial charge in [-0.1, -0.05) is 17.7 Å². The van der Waals surface area contributed by atoms with E-state index in [4.69, 9.17) is 33.0 Å². The fraction of sp³-hybridized carbons (Fsp3) is 0.353. The van der Waals surface area contributed by atoms with E-state index in [-0.39, 0.29) is 6.04 Å². The van der Waals surface area contributed by atoms with Gasteiger partial charge in [0.15, 0.2) is 5.11 Å². The molecule has 0 aliphatic carbocycles. The Morgan fingerprint density at radius 1 is 1.39 bits per heavy atom. The van der Waals surface area contributed by atoms with Crippen molar-refractivity contribution in [2.45, 2.75) is 19.9 Å². The van der Waals surface area contributed by atoms with Crippen molar-refractivity contribution in [2.24, 2.45) is 0 Å². The molecule has 2 aromatic rings. The summed E-state index contributed by atoms with van der Waals surface area (Å²) in [5, 5.41) is 4.59. The average molecular weight is 353 g/mol. The van der Waals surface area contributed by atoms with E-state index < -0.39 is 0 Å². The Labute approximate surface area is 147 Å². The summed E-state index contributed by atoms with van der Waals surface area (Å²) in [5.74, 6) is 0.855. The summed E-state index contributed by atoms with van der Waals surface area (Å²) in [6.07, 6.45) is 1.66. The van der Waals surface area contributed by atoms with Crippen LogP contribution in [0.1, 0.15) is 24.3 Å². The van der Waals surface area contributed by atoms with Crippen LogP contribution in [0.4, 0.5) is 5.69 Å². The third-order valence-electron chi connectivity index (χ3n) is 3.73. The first kappa shape index (κ1) is 17.8. The molecule has 0 spiro atoms. The Morgan fingerprint density at radius 2 is 2.17 bits per heavy atom. The molecule has 23 heavy (non-hydrogen) atoms. The quantitative estimate of drug-likeness (QED) is 0.766. The van der Waals surface area contributed by atoms with E-state index in [9.17, 15) is 0 Å². The van der Waals surface area contributed by atoms with Crippen LogP contribution in [0, 0.1) is 6.92 Å². The number of hydrogen-bond donors (Lipinski definition) is 1. The normalized spacial score (nSPS) is 12.0. The summed E-state index contributed by atoms with van der Waals surface area (Å²) in [6.45, 7) is 5.24. The highest BCUT2D eigenvalue weighted by Gasteiger charge is 2.21. The average Bonchev–Trinajstić information content (AvgIpc) is 3.06. The molecular formula is C17H21ClN2O2S. The molecular weight excluding hydrogens is 332 g/mol. The molecule has 0 fully saturated rings. The van der Waals surface area contributed by atoms with Crippen molar-refractivity contribution >= 4 is 34.6 Å². The lowest BCUT2D eigenvalue weighted by atomic mass is 10.2. The number of nitrogens with one attached hydrogen (secondary N) is 1. The zero-order valence-electron chi connectivity index (χ0n) is 13.5. The van der Waals surface area contributed by atoms with Crippen LogP contribution in [-0.2, 0) is 4.74 Å². The molecule has 1 atom stereocenters. The molecule has 1 unspecified atom stereocenters. The first-order valence-corrected chi connectivity index (χ1v) is 8.18. The number of hydrogen-bond acceptors (Lipinski definition) is 3. The lowest BCUT2D eigenvalue weighted by molar-refractivity contribution is 0.160. The maximum absolute atomic E-state index is 6.17. The fourth-order valence-corrected chi connectivity index (χ4v) is 2.81. The van der Waals surface area contributed by atoms with Crippen LogP contribution in [0.15, 0.2) is 41.0 Å². The summed E-state index contributed by atoms with van der Waals surface area (Å²) in [4.78, 5) is 2.04. The molecule has 0 saturated carbocycles. The van der Waals surface area contributed by atoms with Gasteiger partial charge in [0, 0.05) is 24.4 Å². The highest BCUT2D eigenvalue weighted by Crippen LogP contribution is 2.25. The second-order valence-corrected chi connectivity index (χ2v) is 6.01. The van der Waals surface area contributed by atoms with Gasteiger partial charge in [-0.2, -0.15) is 0 Å². The summed E-state index contributed by atoms with van der Waals surface area (Å²) < 4.78 is 10.7. The summed E-state index contributed by atoms with van der Waals surface area (Å²) in [7, 11) is 1.67. The van der Waals surface area contributed by atoms with Gasteiger partial charge >= 0.3 is 0 Å². The number of halogens is 1. The second kappa shape index (κ2) is 8.34. The zero-order chi connectivity index (χ0) is 16.8. The Morgan fingerprint density at radius 3 is 2.83 bits per heavy atom. The highest BCUT2D eigenvalue weighted by atomic mass is 35.5. The third-order valence-corrected chi connectivity index (χ3v) is 4.47. The Bertz CT molecular complexity index is 646. The van der Waals surface area contributed by atoms with E-state index in [1.807, 2.05) is 49.1 Å². The lowest BCUT2D eigenvalue weighted by Crippen LogP contribution is -2.39. The molecule has 0 bridgehead atoms. The second-order valence-electron chi connectivity index (χ2n) is 5.22. The van der Waals surface area contributed by atoms with Gasteiger partial charge in [0.05, 0.1) is 18.9 Å². The van der Waals surface area contributed by atoms with Gasteiger partial charge in [-0.3, -0.25) is 0 Å². The maximum Gasteiger partial charge on any atom is 0.174 e. The van der Waals surface area contributed by atoms with Gasteiger partial charge in [-0.25, -0.2) is 0 Å². The highest BCUT2D eigenvalue weighted by molar-refractivity contribution is 7.80. The maximum atomic E-state index is 6.17. The number of nitrogens with zero attached hydrogens (tertiary/aromatic N) is 1. The van der Waals surface area contributed by atoms with Crippen LogP contribution in [-0.4, -0.2) is 30.3 Å². The van der Waals surface area contributed by atoms with E-state index in [0.29, 0.717) is 23.3 Å². The van der Waals surface area contributed by atoms with Crippen molar-refractivity contribution < 1.29 is 9.15 Å². The monoisotopic (exact) mass is 352 g/mol. The molecule has 2 rings (SSSR count). The molecule has 1 N–H and O–H groups in total. The van der Waals surface area contributed by atoms with Gasteiger partial charge in [0.1, 0.15) is 5.76 Å². The first-order valence-electron chi connectivity index (χ1n) is 7.39. The van der Waals surface area contributed by atoms with Crippen LogP contribution in [0.2, 0.25) is 5.02 Å². The SMILES string of the molecule is COCCN(C(=S)Nc1cccc(Cl)c1C)C(C)c1ccco1. The predicted molar refractivity (Wildman–Crippen MR) is 98.1 cm³/mol. The number of furan rings is 1. The number of rotatable bonds is 6. The van der Waals surface area contributed by atoms with E-state index in [0.717, 1.165) is 17.0 Å². The van der Waals surface area contributed by atoms with Crippen LogP contribution in [0.3, 0.4) is 0 Å². The number of benzene rings is 1. The molecule has 4 nitrogen and oxygen atoms in total. The van der Waals surface area contributed by atoms with Gasteiger partial charge in [-0.15, -0.1) is 0 Å². The van der Waals surface area contributed by atoms with Crippen molar-refractivity contribution in [3.8, 4) is 0 Å². The number of thiocarbonyl (C=S) groups is 1.